The fourth-order valence-corrected chi connectivity index (χ4v) is 3.36. The summed E-state index contributed by atoms with van der Waals surface area (Å²) in [6, 6.07) is 10.6. The smallest absolute Gasteiger partial charge is 0.422 e. The minimum absolute atomic E-state index is 0.0577. The minimum Gasteiger partial charge on any atom is -0.484 e. The Morgan fingerprint density at radius 2 is 1.87 bits per heavy atom. The molecule has 30 heavy (non-hydrogen) atoms. The Kier molecular flexibility index (Phi) is 6.66. The van der Waals surface area contributed by atoms with E-state index in [2.05, 4.69) is 9.97 Å². The van der Waals surface area contributed by atoms with Crippen molar-refractivity contribution in [3.63, 3.8) is 0 Å². The number of halogens is 3. The lowest BCUT2D eigenvalue weighted by atomic mass is 10.2. The summed E-state index contributed by atoms with van der Waals surface area (Å²) in [5.41, 5.74) is 1.30. The summed E-state index contributed by atoms with van der Waals surface area (Å²) in [6.45, 7) is 0.548. The summed E-state index contributed by atoms with van der Waals surface area (Å²) in [7, 11) is 1.50. The van der Waals surface area contributed by atoms with Gasteiger partial charge in [-0.05, 0) is 36.1 Å². The van der Waals surface area contributed by atoms with Gasteiger partial charge in [0.25, 0.3) is 5.56 Å². The van der Waals surface area contributed by atoms with Gasteiger partial charge in [0.1, 0.15) is 5.75 Å². The first kappa shape index (κ1) is 21.7. The first-order chi connectivity index (χ1) is 14.3. The molecular formula is C20H18F3N3O3S. The number of aromatic nitrogens is 3. The monoisotopic (exact) mass is 437 g/mol. The maximum atomic E-state index is 12.9. The van der Waals surface area contributed by atoms with Crippen LogP contribution in [0, 0.1) is 0 Å². The highest BCUT2D eigenvalue weighted by Gasteiger charge is 2.28. The number of ether oxygens (including phenoxy) is 2. The molecule has 0 aliphatic rings. The zero-order valence-corrected chi connectivity index (χ0v) is 17.0. The molecule has 0 atom stereocenters. The van der Waals surface area contributed by atoms with Gasteiger partial charge >= 0.3 is 6.18 Å². The Hall–Kier alpha value is -3.01. The maximum Gasteiger partial charge on any atom is 0.422 e. The molecule has 0 saturated carbocycles. The van der Waals surface area contributed by atoms with Crippen molar-refractivity contribution in [1.29, 1.82) is 0 Å². The molecule has 3 rings (SSSR count). The molecule has 0 aliphatic carbocycles. The quantitative estimate of drug-likeness (QED) is 0.404. The van der Waals surface area contributed by atoms with E-state index in [1.165, 1.54) is 53.8 Å². The van der Waals surface area contributed by atoms with Crippen LogP contribution in [0.25, 0.3) is 16.9 Å². The normalized spacial score (nSPS) is 11.4. The van der Waals surface area contributed by atoms with Gasteiger partial charge in [-0.3, -0.25) is 9.36 Å². The maximum absolute atomic E-state index is 12.9. The summed E-state index contributed by atoms with van der Waals surface area (Å²) in [6.07, 6.45) is -2.86. The number of alkyl halides is 3. The molecule has 0 unspecified atom stereocenters. The van der Waals surface area contributed by atoms with Crippen molar-refractivity contribution in [3.8, 4) is 28.6 Å². The van der Waals surface area contributed by atoms with Crippen molar-refractivity contribution >= 4 is 11.8 Å². The molecule has 0 N–H and O–H groups in total. The van der Waals surface area contributed by atoms with Gasteiger partial charge in [0, 0.05) is 23.9 Å². The average molecular weight is 437 g/mol. The molecule has 3 aromatic rings. The molecule has 0 spiro atoms. The molecule has 1 aromatic carbocycles. The Morgan fingerprint density at radius 1 is 1.13 bits per heavy atom. The van der Waals surface area contributed by atoms with Crippen LogP contribution < -0.4 is 15.0 Å². The summed E-state index contributed by atoms with van der Waals surface area (Å²) in [5.74, 6) is 1.13. The number of methoxy groups -OCH3 is 1. The summed E-state index contributed by atoms with van der Waals surface area (Å²) < 4.78 is 48.2. The van der Waals surface area contributed by atoms with Crippen molar-refractivity contribution < 1.29 is 22.6 Å². The highest BCUT2D eigenvalue weighted by molar-refractivity contribution is 7.99. The number of benzene rings is 1. The van der Waals surface area contributed by atoms with Crippen molar-refractivity contribution in [2.75, 3.05) is 19.5 Å². The van der Waals surface area contributed by atoms with Crippen LogP contribution in [0.3, 0.4) is 0 Å². The van der Waals surface area contributed by atoms with E-state index >= 15 is 0 Å². The molecule has 6 nitrogen and oxygen atoms in total. The molecule has 2 aromatic heterocycles. The lowest BCUT2D eigenvalue weighted by Crippen LogP contribution is -2.21. The molecule has 0 fully saturated rings. The number of pyridine rings is 1. The number of rotatable bonds is 7. The highest BCUT2D eigenvalue weighted by Crippen LogP contribution is 2.25. The SMILES string of the molecule is CCSc1nc(-c2ccnc(OC)c2)cc(=O)n1-c1ccc(OCC(F)(F)F)cc1. The van der Waals surface area contributed by atoms with Crippen LogP contribution in [-0.2, 0) is 0 Å². The van der Waals surface area contributed by atoms with Crippen molar-refractivity contribution in [3.05, 3.63) is 59.0 Å². The Bertz CT molecular complexity index is 1070. The Labute approximate surface area is 174 Å². The molecule has 2 heterocycles. The van der Waals surface area contributed by atoms with Gasteiger partial charge < -0.3 is 9.47 Å². The molecule has 158 valence electrons. The van der Waals surface area contributed by atoms with Crippen LogP contribution in [0.15, 0.2) is 58.6 Å². The number of thioether (sulfide) groups is 1. The first-order valence-electron chi connectivity index (χ1n) is 8.88. The molecule has 0 bridgehead atoms. The van der Waals surface area contributed by atoms with Gasteiger partial charge in [0.05, 0.1) is 18.5 Å². The molecule has 10 heteroatoms. The summed E-state index contributed by atoms with van der Waals surface area (Å²) in [4.78, 5) is 21.5. The second-order valence-corrected chi connectivity index (χ2v) is 7.25. The fraction of sp³-hybridized carbons (Fsp3) is 0.250. The van der Waals surface area contributed by atoms with E-state index in [9.17, 15) is 18.0 Å². The van der Waals surface area contributed by atoms with E-state index in [0.29, 0.717) is 33.7 Å². The highest BCUT2D eigenvalue weighted by atomic mass is 32.2. The predicted molar refractivity (Wildman–Crippen MR) is 108 cm³/mol. The van der Waals surface area contributed by atoms with Gasteiger partial charge in [-0.1, -0.05) is 18.7 Å². The molecule has 0 aliphatic heterocycles. The number of nitrogens with zero attached hydrogens (tertiary/aromatic N) is 3. The topological polar surface area (TPSA) is 66.2 Å². The van der Waals surface area contributed by atoms with Gasteiger partial charge in [0.2, 0.25) is 5.88 Å². The fourth-order valence-electron chi connectivity index (χ4n) is 2.61. The summed E-state index contributed by atoms with van der Waals surface area (Å²) in [5, 5.41) is 0.458. The molecule has 0 amide bonds. The van der Waals surface area contributed by atoms with E-state index in [1.54, 1.807) is 18.3 Å². The van der Waals surface area contributed by atoms with Gasteiger partial charge in [-0.25, -0.2) is 9.97 Å². The average Bonchev–Trinajstić information content (AvgIpc) is 2.72. The third-order valence-electron chi connectivity index (χ3n) is 3.90. The van der Waals surface area contributed by atoms with Crippen LogP contribution >= 0.6 is 11.8 Å². The van der Waals surface area contributed by atoms with Crippen molar-refractivity contribution in [1.82, 2.24) is 14.5 Å². The second kappa shape index (κ2) is 9.21. The minimum atomic E-state index is -4.42. The molecule has 0 radical (unpaired) electrons. The standard InChI is InChI=1S/C20H18F3N3O3S/c1-3-30-19-25-16(13-8-9-24-17(10-13)28-2)11-18(27)26(19)14-4-6-15(7-5-14)29-12-20(21,22)23/h4-11H,3,12H2,1-2H3. The second-order valence-electron chi connectivity index (χ2n) is 6.02. The lowest BCUT2D eigenvalue weighted by molar-refractivity contribution is -0.153. The largest absolute Gasteiger partial charge is 0.484 e. The number of hydrogen-bond donors (Lipinski definition) is 0. The van der Waals surface area contributed by atoms with E-state index < -0.39 is 12.8 Å². The van der Waals surface area contributed by atoms with E-state index in [1.807, 2.05) is 6.92 Å². The Morgan fingerprint density at radius 3 is 2.50 bits per heavy atom. The Balaban J connectivity index is 1.97. The van der Waals surface area contributed by atoms with Crippen molar-refractivity contribution in [2.45, 2.75) is 18.3 Å². The molecule has 0 saturated heterocycles. The van der Waals surface area contributed by atoms with Crippen LogP contribution in [-0.4, -0.2) is 40.2 Å². The van der Waals surface area contributed by atoms with Gasteiger partial charge in [-0.2, -0.15) is 13.2 Å². The van der Waals surface area contributed by atoms with Crippen LogP contribution in [0.1, 0.15) is 6.92 Å². The summed E-state index contributed by atoms with van der Waals surface area (Å²) >= 11 is 1.37. The van der Waals surface area contributed by atoms with E-state index in [0.717, 1.165) is 0 Å². The van der Waals surface area contributed by atoms with Gasteiger partial charge in [-0.15, -0.1) is 0 Å². The third-order valence-corrected chi connectivity index (χ3v) is 4.72. The zero-order chi connectivity index (χ0) is 21.7. The van der Waals surface area contributed by atoms with Crippen LogP contribution in [0.2, 0.25) is 0 Å². The van der Waals surface area contributed by atoms with Crippen molar-refractivity contribution in [2.24, 2.45) is 0 Å². The lowest BCUT2D eigenvalue weighted by Gasteiger charge is -2.14. The van der Waals surface area contributed by atoms with E-state index in [-0.39, 0.29) is 11.3 Å². The molecular weight excluding hydrogens is 419 g/mol. The third kappa shape index (κ3) is 5.32. The van der Waals surface area contributed by atoms with Crippen LogP contribution in [0.4, 0.5) is 13.2 Å². The zero-order valence-electron chi connectivity index (χ0n) is 16.1. The first-order valence-corrected chi connectivity index (χ1v) is 9.86. The van der Waals surface area contributed by atoms with E-state index in [4.69, 9.17) is 9.47 Å². The van der Waals surface area contributed by atoms with Crippen LogP contribution in [0.5, 0.6) is 11.6 Å². The predicted octanol–water partition coefficient (Wildman–Crippen LogP) is 4.36. The number of hydrogen-bond acceptors (Lipinski definition) is 6. The van der Waals surface area contributed by atoms with Gasteiger partial charge in [0.15, 0.2) is 11.8 Å².